The zero-order valence-electron chi connectivity index (χ0n) is 11.7. The van der Waals surface area contributed by atoms with Gasteiger partial charge < -0.3 is 4.74 Å². The van der Waals surface area contributed by atoms with E-state index in [9.17, 15) is 13.6 Å². The van der Waals surface area contributed by atoms with Crippen LogP contribution in [0.2, 0.25) is 0 Å². The molecular formula is C16H20F2O2. The van der Waals surface area contributed by atoms with E-state index in [4.69, 9.17) is 4.74 Å². The van der Waals surface area contributed by atoms with Crippen molar-refractivity contribution in [3.63, 3.8) is 0 Å². The second kappa shape index (κ2) is 6.93. The van der Waals surface area contributed by atoms with Crippen molar-refractivity contribution < 1.29 is 18.3 Å². The molecule has 0 bridgehead atoms. The van der Waals surface area contributed by atoms with Gasteiger partial charge in [0.2, 0.25) is 0 Å². The summed E-state index contributed by atoms with van der Waals surface area (Å²) < 4.78 is 31.4. The number of ketones is 1. The van der Waals surface area contributed by atoms with Crippen LogP contribution in [-0.4, -0.2) is 19.0 Å². The van der Waals surface area contributed by atoms with E-state index in [0.717, 1.165) is 37.8 Å². The van der Waals surface area contributed by atoms with Crippen LogP contribution < -0.4 is 0 Å². The lowest BCUT2D eigenvalue weighted by Crippen LogP contribution is -2.34. The highest BCUT2D eigenvalue weighted by molar-refractivity contribution is 5.85. The second-order valence-corrected chi connectivity index (χ2v) is 5.45. The summed E-state index contributed by atoms with van der Waals surface area (Å²) in [6, 6.07) is 3.59. The molecule has 1 aliphatic carbocycles. The normalized spacial score (nSPS) is 17.9. The molecule has 0 aromatic heterocycles. The van der Waals surface area contributed by atoms with Crippen molar-refractivity contribution in [3.8, 4) is 0 Å². The van der Waals surface area contributed by atoms with Crippen molar-refractivity contribution in [1.29, 1.82) is 0 Å². The first-order valence-corrected chi connectivity index (χ1v) is 7.11. The first-order chi connectivity index (χ1) is 9.61. The van der Waals surface area contributed by atoms with Gasteiger partial charge in [0.15, 0.2) is 17.4 Å². The van der Waals surface area contributed by atoms with Crippen LogP contribution in [0.5, 0.6) is 0 Å². The summed E-state index contributed by atoms with van der Waals surface area (Å²) in [5.41, 5.74) is 0.492. The first-order valence-electron chi connectivity index (χ1n) is 7.11. The molecule has 0 amide bonds. The zero-order chi connectivity index (χ0) is 14.5. The number of hydrogen-bond donors (Lipinski definition) is 0. The quantitative estimate of drug-likeness (QED) is 0.823. The van der Waals surface area contributed by atoms with Gasteiger partial charge >= 0.3 is 0 Å². The fourth-order valence-corrected chi connectivity index (χ4v) is 2.98. The molecule has 1 aromatic rings. The fraction of sp³-hybridized carbons (Fsp3) is 0.562. The van der Waals surface area contributed by atoms with E-state index >= 15 is 0 Å². The average Bonchev–Trinajstić information content (AvgIpc) is 2.45. The lowest BCUT2D eigenvalue weighted by Gasteiger charge is -2.28. The summed E-state index contributed by atoms with van der Waals surface area (Å²) in [5.74, 6) is -1.60. The molecule has 110 valence electrons. The van der Waals surface area contributed by atoms with Gasteiger partial charge in [-0.15, -0.1) is 0 Å². The van der Waals surface area contributed by atoms with Crippen LogP contribution in [-0.2, 0) is 16.0 Å². The van der Waals surface area contributed by atoms with Crippen LogP contribution in [0.25, 0.3) is 0 Å². The molecule has 2 rings (SSSR count). The number of hydrogen-bond acceptors (Lipinski definition) is 2. The van der Waals surface area contributed by atoms with Crippen LogP contribution in [0.1, 0.15) is 37.7 Å². The minimum atomic E-state index is -0.915. The van der Waals surface area contributed by atoms with Crippen molar-refractivity contribution >= 4 is 5.78 Å². The van der Waals surface area contributed by atoms with Gasteiger partial charge in [0.05, 0.1) is 0 Å². The lowest BCUT2D eigenvalue weighted by atomic mass is 9.82. The molecular weight excluding hydrogens is 262 g/mol. The molecule has 0 heterocycles. The topological polar surface area (TPSA) is 26.3 Å². The fourth-order valence-electron chi connectivity index (χ4n) is 2.98. The van der Waals surface area contributed by atoms with Crippen LogP contribution in [0.3, 0.4) is 0 Å². The number of Topliss-reactive ketones (excluding diaryl/α,β-unsaturated/α-hetero) is 1. The van der Waals surface area contributed by atoms with Crippen molar-refractivity contribution in [2.24, 2.45) is 5.92 Å². The van der Waals surface area contributed by atoms with E-state index in [1.807, 2.05) is 0 Å². The Balaban J connectivity index is 2.02. The van der Waals surface area contributed by atoms with Gasteiger partial charge in [-0.3, -0.25) is 4.79 Å². The highest BCUT2D eigenvalue weighted by Crippen LogP contribution is 2.28. The maximum atomic E-state index is 13.1. The van der Waals surface area contributed by atoms with E-state index in [1.54, 1.807) is 7.11 Å². The Morgan fingerprint density at radius 2 is 1.95 bits per heavy atom. The maximum Gasteiger partial charge on any atom is 0.166 e. The van der Waals surface area contributed by atoms with Gasteiger partial charge in [-0.05, 0) is 36.5 Å². The van der Waals surface area contributed by atoms with Gasteiger partial charge in [-0.2, -0.15) is 0 Å². The Morgan fingerprint density at radius 1 is 1.25 bits per heavy atom. The smallest absolute Gasteiger partial charge is 0.166 e. The maximum absolute atomic E-state index is 13.1. The summed E-state index contributed by atoms with van der Waals surface area (Å²) in [6.07, 6.45) is 5.13. The molecule has 1 unspecified atom stereocenters. The molecule has 0 radical (unpaired) electrons. The van der Waals surface area contributed by atoms with Gasteiger partial charge in [-0.25, -0.2) is 8.78 Å². The van der Waals surface area contributed by atoms with E-state index in [2.05, 4.69) is 0 Å². The molecule has 0 spiro atoms. The third kappa shape index (κ3) is 3.63. The minimum absolute atomic E-state index is 0.0505. The summed E-state index contributed by atoms with van der Waals surface area (Å²) in [4.78, 5) is 12.3. The summed E-state index contributed by atoms with van der Waals surface area (Å²) in [5, 5.41) is 0. The summed E-state index contributed by atoms with van der Waals surface area (Å²) in [6.45, 7) is 0. The highest BCUT2D eigenvalue weighted by atomic mass is 19.2. The van der Waals surface area contributed by atoms with Crippen molar-refractivity contribution in [3.05, 3.63) is 35.4 Å². The zero-order valence-corrected chi connectivity index (χ0v) is 11.7. The number of carbonyl (C=O) groups is 1. The molecule has 1 aromatic carbocycles. The highest BCUT2D eigenvalue weighted by Gasteiger charge is 2.29. The molecule has 1 atom stereocenters. The molecule has 1 aliphatic rings. The average molecular weight is 282 g/mol. The second-order valence-electron chi connectivity index (χ2n) is 5.45. The van der Waals surface area contributed by atoms with E-state index < -0.39 is 17.7 Å². The van der Waals surface area contributed by atoms with Gasteiger partial charge in [0.1, 0.15) is 6.10 Å². The minimum Gasteiger partial charge on any atom is -0.373 e. The third-order valence-corrected chi connectivity index (χ3v) is 4.01. The van der Waals surface area contributed by atoms with Crippen LogP contribution in [0, 0.1) is 17.6 Å². The van der Waals surface area contributed by atoms with Gasteiger partial charge in [-0.1, -0.05) is 25.3 Å². The first kappa shape index (κ1) is 15.1. The number of methoxy groups -OCH3 is 1. The van der Waals surface area contributed by atoms with Crippen LogP contribution in [0.4, 0.5) is 8.78 Å². The van der Waals surface area contributed by atoms with Gasteiger partial charge in [0.25, 0.3) is 0 Å². The Bertz CT molecular complexity index is 468. The summed E-state index contributed by atoms with van der Waals surface area (Å²) in [7, 11) is 1.54. The Kier molecular flexibility index (Phi) is 5.24. The Labute approximate surface area is 118 Å². The van der Waals surface area contributed by atoms with Crippen molar-refractivity contribution in [2.75, 3.05) is 7.11 Å². The number of carbonyl (C=O) groups excluding carboxylic acids is 1. The lowest BCUT2D eigenvalue weighted by molar-refractivity contribution is -0.132. The molecule has 1 fully saturated rings. The molecule has 4 heteroatoms. The molecule has 2 nitrogen and oxygen atoms in total. The predicted octanol–water partition coefficient (Wildman–Crippen LogP) is 3.67. The van der Waals surface area contributed by atoms with E-state index in [0.29, 0.717) is 5.56 Å². The number of halogens is 2. The third-order valence-electron chi connectivity index (χ3n) is 4.01. The monoisotopic (exact) mass is 282 g/mol. The summed E-state index contributed by atoms with van der Waals surface area (Å²) >= 11 is 0. The van der Waals surface area contributed by atoms with Gasteiger partial charge in [0, 0.05) is 13.5 Å². The number of benzene rings is 1. The van der Waals surface area contributed by atoms with E-state index in [-0.39, 0.29) is 18.1 Å². The number of rotatable bonds is 5. The molecule has 20 heavy (non-hydrogen) atoms. The molecule has 0 saturated heterocycles. The standard InChI is InChI=1S/C16H20F2O2/c1-20-16(12-5-3-2-4-6-12)15(19)10-11-7-8-13(17)14(18)9-11/h7-9,12,16H,2-6,10H2,1H3. The predicted molar refractivity (Wildman–Crippen MR) is 72.4 cm³/mol. The Hall–Kier alpha value is -1.29. The van der Waals surface area contributed by atoms with Crippen LogP contribution >= 0.6 is 0 Å². The van der Waals surface area contributed by atoms with Crippen molar-refractivity contribution in [2.45, 2.75) is 44.6 Å². The van der Waals surface area contributed by atoms with Crippen LogP contribution in [0.15, 0.2) is 18.2 Å². The Morgan fingerprint density at radius 3 is 2.55 bits per heavy atom. The largest absolute Gasteiger partial charge is 0.373 e. The molecule has 0 aliphatic heterocycles. The van der Waals surface area contributed by atoms with Crippen molar-refractivity contribution in [1.82, 2.24) is 0 Å². The number of ether oxygens (including phenoxy) is 1. The van der Waals surface area contributed by atoms with E-state index in [1.165, 1.54) is 12.5 Å². The SMILES string of the molecule is COC(C(=O)Cc1ccc(F)c(F)c1)C1CCCCC1. The molecule has 0 N–H and O–H groups in total. The molecule has 1 saturated carbocycles.